The standard InChI is InChI=1S/C8H19NS/c1-4-5-6-8(9-2)7-10-3/h8-9H,4-7H2,1-3H3. The molecule has 0 radical (unpaired) electrons. The van der Waals surface area contributed by atoms with Gasteiger partial charge in [0.25, 0.3) is 0 Å². The van der Waals surface area contributed by atoms with Crippen LogP contribution in [0.2, 0.25) is 0 Å². The molecule has 0 aromatic heterocycles. The fourth-order valence-electron chi connectivity index (χ4n) is 0.963. The van der Waals surface area contributed by atoms with E-state index in [1.807, 2.05) is 11.8 Å². The summed E-state index contributed by atoms with van der Waals surface area (Å²) in [7, 11) is 2.05. The quantitative estimate of drug-likeness (QED) is 0.640. The van der Waals surface area contributed by atoms with E-state index in [-0.39, 0.29) is 0 Å². The third-order valence-electron chi connectivity index (χ3n) is 1.68. The van der Waals surface area contributed by atoms with Gasteiger partial charge in [-0.25, -0.2) is 0 Å². The second-order valence-corrected chi connectivity index (χ2v) is 3.49. The second-order valence-electron chi connectivity index (χ2n) is 2.58. The minimum atomic E-state index is 0.731. The van der Waals surface area contributed by atoms with Crippen LogP contribution in [-0.4, -0.2) is 25.1 Å². The monoisotopic (exact) mass is 161 g/mol. The lowest BCUT2D eigenvalue weighted by molar-refractivity contribution is 0.544. The Morgan fingerprint density at radius 1 is 1.50 bits per heavy atom. The Balaban J connectivity index is 3.21. The molecule has 0 aliphatic heterocycles. The van der Waals surface area contributed by atoms with Crippen molar-refractivity contribution < 1.29 is 0 Å². The van der Waals surface area contributed by atoms with Gasteiger partial charge in [0.1, 0.15) is 0 Å². The second kappa shape index (κ2) is 7.42. The van der Waals surface area contributed by atoms with E-state index in [0.29, 0.717) is 0 Å². The van der Waals surface area contributed by atoms with Crippen LogP contribution in [0.25, 0.3) is 0 Å². The molecule has 0 aromatic rings. The molecule has 0 amide bonds. The van der Waals surface area contributed by atoms with E-state index in [2.05, 4.69) is 25.5 Å². The third kappa shape index (κ3) is 5.12. The highest BCUT2D eigenvalue weighted by molar-refractivity contribution is 7.98. The molecule has 1 N–H and O–H groups in total. The van der Waals surface area contributed by atoms with Crippen LogP contribution < -0.4 is 5.32 Å². The number of rotatable bonds is 6. The molecule has 0 aliphatic rings. The van der Waals surface area contributed by atoms with Gasteiger partial charge in [-0.05, 0) is 19.7 Å². The van der Waals surface area contributed by atoms with Gasteiger partial charge in [-0.2, -0.15) is 11.8 Å². The highest BCUT2D eigenvalue weighted by Gasteiger charge is 2.02. The van der Waals surface area contributed by atoms with Gasteiger partial charge in [0.05, 0.1) is 0 Å². The zero-order valence-corrected chi connectivity index (χ0v) is 8.13. The zero-order valence-electron chi connectivity index (χ0n) is 7.31. The Kier molecular flexibility index (Phi) is 7.65. The predicted molar refractivity (Wildman–Crippen MR) is 50.8 cm³/mol. The summed E-state index contributed by atoms with van der Waals surface area (Å²) < 4.78 is 0. The molecule has 1 unspecified atom stereocenters. The summed E-state index contributed by atoms with van der Waals surface area (Å²) in [5.41, 5.74) is 0. The van der Waals surface area contributed by atoms with E-state index in [1.165, 1.54) is 25.0 Å². The van der Waals surface area contributed by atoms with Crippen LogP contribution in [0.3, 0.4) is 0 Å². The van der Waals surface area contributed by atoms with E-state index >= 15 is 0 Å². The van der Waals surface area contributed by atoms with Crippen molar-refractivity contribution in [3.8, 4) is 0 Å². The summed E-state index contributed by atoms with van der Waals surface area (Å²) in [6.07, 6.45) is 6.16. The van der Waals surface area contributed by atoms with Gasteiger partial charge in [0.2, 0.25) is 0 Å². The van der Waals surface area contributed by atoms with Gasteiger partial charge in [-0.15, -0.1) is 0 Å². The van der Waals surface area contributed by atoms with Crippen molar-refractivity contribution in [2.24, 2.45) is 0 Å². The topological polar surface area (TPSA) is 12.0 Å². The molecule has 1 atom stereocenters. The maximum atomic E-state index is 3.32. The van der Waals surface area contributed by atoms with Crippen LogP contribution in [-0.2, 0) is 0 Å². The molecular weight excluding hydrogens is 142 g/mol. The Labute approximate surface area is 69.0 Å². The first-order valence-electron chi connectivity index (χ1n) is 4.01. The highest BCUT2D eigenvalue weighted by Crippen LogP contribution is 2.04. The smallest absolute Gasteiger partial charge is 0.0155 e. The Hall–Kier alpha value is 0.310. The van der Waals surface area contributed by atoms with Crippen molar-refractivity contribution in [2.45, 2.75) is 32.2 Å². The number of hydrogen-bond acceptors (Lipinski definition) is 2. The average molecular weight is 161 g/mol. The fraction of sp³-hybridized carbons (Fsp3) is 1.00. The van der Waals surface area contributed by atoms with Gasteiger partial charge in [-0.1, -0.05) is 19.8 Å². The van der Waals surface area contributed by atoms with E-state index in [9.17, 15) is 0 Å². The summed E-state index contributed by atoms with van der Waals surface area (Å²) in [6, 6.07) is 0.731. The lowest BCUT2D eigenvalue weighted by Crippen LogP contribution is -2.27. The maximum absolute atomic E-state index is 3.32. The molecule has 62 valence electrons. The molecule has 10 heavy (non-hydrogen) atoms. The summed E-state index contributed by atoms with van der Waals surface area (Å²) in [6.45, 7) is 2.24. The fourth-order valence-corrected chi connectivity index (χ4v) is 1.70. The van der Waals surface area contributed by atoms with Gasteiger partial charge in [0, 0.05) is 11.8 Å². The molecule has 1 nitrogen and oxygen atoms in total. The van der Waals surface area contributed by atoms with Crippen molar-refractivity contribution in [3.05, 3.63) is 0 Å². The average Bonchev–Trinajstić information content (AvgIpc) is 1.98. The van der Waals surface area contributed by atoms with Crippen molar-refractivity contribution in [1.82, 2.24) is 5.32 Å². The first kappa shape index (κ1) is 10.3. The van der Waals surface area contributed by atoms with Crippen LogP contribution in [0, 0.1) is 0 Å². The maximum Gasteiger partial charge on any atom is 0.0155 e. The zero-order chi connectivity index (χ0) is 7.82. The van der Waals surface area contributed by atoms with Gasteiger partial charge >= 0.3 is 0 Å². The van der Waals surface area contributed by atoms with Crippen LogP contribution in [0.1, 0.15) is 26.2 Å². The SMILES string of the molecule is CCCCC(CSC)NC. The van der Waals surface area contributed by atoms with Gasteiger partial charge in [-0.3, -0.25) is 0 Å². The molecule has 0 aromatic carbocycles. The van der Waals surface area contributed by atoms with E-state index in [4.69, 9.17) is 0 Å². The van der Waals surface area contributed by atoms with E-state index < -0.39 is 0 Å². The molecule has 2 heteroatoms. The summed E-state index contributed by atoms with van der Waals surface area (Å²) in [4.78, 5) is 0. The van der Waals surface area contributed by atoms with Crippen molar-refractivity contribution in [1.29, 1.82) is 0 Å². The molecule has 0 saturated carbocycles. The van der Waals surface area contributed by atoms with Crippen LogP contribution in [0.4, 0.5) is 0 Å². The molecule has 0 bridgehead atoms. The first-order chi connectivity index (χ1) is 4.85. The molecule has 0 aliphatic carbocycles. The van der Waals surface area contributed by atoms with E-state index in [0.717, 1.165) is 6.04 Å². The number of hydrogen-bond donors (Lipinski definition) is 1. The summed E-state index contributed by atoms with van der Waals surface area (Å²) in [5.74, 6) is 1.25. The minimum absolute atomic E-state index is 0.731. The Morgan fingerprint density at radius 2 is 2.20 bits per heavy atom. The molecular formula is C8H19NS. The van der Waals surface area contributed by atoms with Crippen molar-refractivity contribution >= 4 is 11.8 Å². The van der Waals surface area contributed by atoms with E-state index in [1.54, 1.807) is 0 Å². The van der Waals surface area contributed by atoms with Crippen LogP contribution >= 0.6 is 11.8 Å². The van der Waals surface area contributed by atoms with Crippen LogP contribution in [0.5, 0.6) is 0 Å². The normalized spacial score (nSPS) is 13.5. The predicted octanol–water partition coefficient (Wildman–Crippen LogP) is 2.13. The molecule has 0 rings (SSSR count). The number of unbranched alkanes of at least 4 members (excludes halogenated alkanes) is 1. The number of nitrogens with one attached hydrogen (secondary N) is 1. The summed E-state index contributed by atoms with van der Waals surface area (Å²) >= 11 is 1.92. The lowest BCUT2D eigenvalue weighted by Gasteiger charge is -2.13. The van der Waals surface area contributed by atoms with Crippen LogP contribution in [0.15, 0.2) is 0 Å². The highest BCUT2D eigenvalue weighted by atomic mass is 32.2. The first-order valence-corrected chi connectivity index (χ1v) is 5.40. The molecule has 0 fully saturated rings. The largest absolute Gasteiger partial charge is 0.316 e. The molecule has 0 saturated heterocycles. The van der Waals surface area contributed by atoms with Crippen molar-refractivity contribution in [2.75, 3.05) is 19.1 Å². The summed E-state index contributed by atoms with van der Waals surface area (Å²) in [5, 5.41) is 3.32. The third-order valence-corrected chi connectivity index (χ3v) is 2.42. The number of thioether (sulfide) groups is 1. The van der Waals surface area contributed by atoms with Gasteiger partial charge < -0.3 is 5.32 Å². The Bertz CT molecular complexity index is 66.3. The minimum Gasteiger partial charge on any atom is -0.316 e. The lowest BCUT2D eigenvalue weighted by atomic mass is 10.1. The molecule has 0 heterocycles. The van der Waals surface area contributed by atoms with Gasteiger partial charge in [0.15, 0.2) is 0 Å². The van der Waals surface area contributed by atoms with Crippen molar-refractivity contribution in [3.63, 3.8) is 0 Å². The molecule has 0 spiro atoms. The Morgan fingerprint density at radius 3 is 2.60 bits per heavy atom.